The molecule has 0 unspecified atom stereocenters. The van der Waals surface area contributed by atoms with E-state index in [2.05, 4.69) is 0 Å². The summed E-state index contributed by atoms with van der Waals surface area (Å²) in [7, 11) is 3.49. The Hall–Kier alpha value is -1.77. The number of rotatable bonds is 1. The zero-order valence-corrected chi connectivity index (χ0v) is 9.11. The van der Waals surface area contributed by atoms with Crippen molar-refractivity contribution in [2.75, 3.05) is 7.11 Å². The molecule has 0 amide bonds. The normalized spacial score (nSPS) is 10.6. The Balaban J connectivity index is 2.86. The summed E-state index contributed by atoms with van der Waals surface area (Å²) in [5.41, 5.74) is 0.941. The van der Waals surface area contributed by atoms with Crippen molar-refractivity contribution >= 4 is 10.8 Å². The zero-order valence-electron chi connectivity index (χ0n) is 9.11. The summed E-state index contributed by atoms with van der Waals surface area (Å²) in [6, 6.07) is 3.98. The second-order valence-corrected chi connectivity index (χ2v) is 3.69. The molecule has 1 aromatic carbocycles. The molecule has 1 heterocycles. The lowest BCUT2D eigenvalue weighted by Gasteiger charge is -2.08. The Kier molecular flexibility index (Phi) is 2.23. The van der Waals surface area contributed by atoms with Gasteiger partial charge in [-0.2, -0.15) is 0 Å². The Morgan fingerprint density at radius 3 is 2.80 bits per heavy atom. The van der Waals surface area contributed by atoms with Crippen LogP contribution in [0.4, 0.5) is 0 Å². The van der Waals surface area contributed by atoms with Gasteiger partial charge >= 0.3 is 0 Å². The van der Waals surface area contributed by atoms with Crippen LogP contribution in [-0.4, -0.2) is 12.2 Å². The first-order valence-corrected chi connectivity index (χ1v) is 4.79. The van der Waals surface area contributed by atoms with Crippen LogP contribution in [0.5, 0.6) is 11.5 Å². The molecule has 0 spiro atoms. The van der Waals surface area contributed by atoms with Crippen molar-refractivity contribution in [1.82, 2.24) is 0 Å². The molecule has 3 nitrogen and oxygen atoms in total. The zero-order chi connectivity index (χ0) is 11.0. The second kappa shape index (κ2) is 3.42. The van der Waals surface area contributed by atoms with Gasteiger partial charge in [-0.3, -0.25) is 0 Å². The number of phenolic OH excluding ortho intramolecular Hbond substituents is 1. The van der Waals surface area contributed by atoms with Crippen LogP contribution >= 0.6 is 0 Å². The fraction of sp³-hybridized carbons (Fsp3) is 0.250. The molecule has 0 fully saturated rings. The van der Waals surface area contributed by atoms with E-state index in [1.165, 1.54) is 0 Å². The number of nitrogens with zero attached hydrogens (tertiary/aromatic N) is 1. The van der Waals surface area contributed by atoms with Gasteiger partial charge in [-0.05, 0) is 23.9 Å². The number of fused-ring (bicyclic) bond motifs is 1. The molecule has 0 atom stereocenters. The molecular formula is C12H14NO2+. The lowest BCUT2D eigenvalue weighted by molar-refractivity contribution is -0.670. The highest BCUT2D eigenvalue weighted by atomic mass is 16.5. The average Bonchev–Trinajstić information content (AvgIpc) is 2.20. The van der Waals surface area contributed by atoms with E-state index in [0.717, 1.165) is 16.3 Å². The van der Waals surface area contributed by atoms with Gasteiger partial charge in [0.1, 0.15) is 7.05 Å². The Bertz CT molecular complexity index is 521. The first-order valence-electron chi connectivity index (χ1n) is 4.79. The molecule has 2 aromatic rings. The molecule has 0 aliphatic rings. The van der Waals surface area contributed by atoms with Crippen LogP contribution < -0.4 is 9.30 Å². The van der Waals surface area contributed by atoms with Crippen LogP contribution in [0, 0.1) is 6.92 Å². The van der Waals surface area contributed by atoms with Crippen LogP contribution in [0.25, 0.3) is 10.8 Å². The highest BCUT2D eigenvalue weighted by molar-refractivity contribution is 5.90. The van der Waals surface area contributed by atoms with Crippen LogP contribution in [0.2, 0.25) is 0 Å². The number of aryl methyl sites for hydroxylation is 2. The number of ether oxygens (including phenoxy) is 1. The van der Waals surface area contributed by atoms with Gasteiger partial charge in [0.15, 0.2) is 23.9 Å². The largest absolute Gasteiger partial charge is 0.504 e. The SMILES string of the molecule is COc1c(C)cc2cc[n+](C)cc2c1O. The van der Waals surface area contributed by atoms with Crippen molar-refractivity contribution in [3.8, 4) is 11.5 Å². The van der Waals surface area contributed by atoms with Gasteiger partial charge in [-0.25, -0.2) is 4.57 Å². The third-order valence-corrected chi connectivity index (χ3v) is 2.54. The monoisotopic (exact) mass is 204 g/mol. The topological polar surface area (TPSA) is 33.3 Å². The van der Waals surface area contributed by atoms with Crippen molar-refractivity contribution in [2.24, 2.45) is 7.05 Å². The quantitative estimate of drug-likeness (QED) is 0.717. The lowest BCUT2D eigenvalue weighted by atomic mass is 10.1. The van der Waals surface area contributed by atoms with Crippen LogP contribution in [0.1, 0.15) is 5.56 Å². The molecule has 0 bridgehead atoms. The van der Waals surface area contributed by atoms with Crippen molar-refractivity contribution in [3.05, 3.63) is 30.1 Å². The summed E-state index contributed by atoms with van der Waals surface area (Å²) in [6.45, 7) is 1.92. The summed E-state index contributed by atoms with van der Waals surface area (Å²) < 4.78 is 7.06. The van der Waals surface area contributed by atoms with Crippen LogP contribution in [-0.2, 0) is 7.05 Å². The van der Waals surface area contributed by atoms with Crippen molar-refractivity contribution in [2.45, 2.75) is 6.92 Å². The minimum Gasteiger partial charge on any atom is -0.504 e. The molecule has 0 aliphatic heterocycles. The standard InChI is InChI=1S/C12H13NO2/c1-8-6-9-4-5-13(2)7-10(9)11(14)12(8)15-3/h4-7H,1-3H3/p+1. The molecule has 0 saturated heterocycles. The number of hydrogen-bond donors (Lipinski definition) is 1. The number of hydrogen-bond acceptors (Lipinski definition) is 2. The van der Waals surface area contributed by atoms with E-state index in [0.29, 0.717) is 5.75 Å². The molecule has 1 aromatic heterocycles. The van der Waals surface area contributed by atoms with Gasteiger partial charge in [0, 0.05) is 6.07 Å². The molecule has 0 aliphatic carbocycles. The van der Waals surface area contributed by atoms with Crippen LogP contribution in [0.3, 0.4) is 0 Å². The maximum absolute atomic E-state index is 10.0. The Morgan fingerprint density at radius 1 is 1.40 bits per heavy atom. The summed E-state index contributed by atoms with van der Waals surface area (Å²) in [5, 5.41) is 11.8. The third-order valence-electron chi connectivity index (χ3n) is 2.54. The molecular weight excluding hydrogens is 190 g/mol. The van der Waals surface area contributed by atoms with E-state index in [-0.39, 0.29) is 5.75 Å². The van der Waals surface area contributed by atoms with Gasteiger partial charge in [0.05, 0.1) is 12.5 Å². The summed E-state index contributed by atoms with van der Waals surface area (Å²) >= 11 is 0. The van der Waals surface area contributed by atoms with Crippen molar-refractivity contribution in [3.63, 3.8) is 0 Å². The molecule has 0 saturated carbocycles. The first-order chi connectivity index (χ1) is 7.13. The molecule has 15 heavy (non-hydrogen) atoms. The molecule has 3 heteroatoms. The molecule has 2 rings (SSSR count). The Labute approximate surface area is 88.5 Å². The van der Waals surface area contributed by atoms with Gasteiger partial charge in [0.25, 0.3) is 0 Å². The van der Waals surface area contributed by atoms with Gasteiger partial charge in [0.2, 0.25) is 0 Å². The Morgan fingerprint density at radius 2 is 2.13 bits per heavy atom. The minimum atomic E-state index is 0.212. The van der Waals surface area contributed by atoms with Crippen molar-refractivity contribution in [1.29, 1.82) is 0 Å². The smallest absolute Gasteiger partial charge is 0.180 e. The van der Waals surface area contributed by atoms with E-state index < -0.39 is 0 Å². The maximum Gasteiger partial charge on any atom is 0.180 e. The highest BCUT2D eigenvalue weighted by Gasteiger charge is 2.12. The summed E-state index contributed by atoms with van der Waals surface area (Å²) in [5.74, 6) is 0.761. The number of phenols is 1. The second-order valence-electron chi connectivity index (χ2n) is 3.69. The number of aromatic nitrogens is 1. The van der Waals surface area contributed by atoms with Gasteiger partial charge in [-0.15, -0.1) is 0 Å². The predicted octanol–water partition coefficient (Wildman–Crippen LogP) is 1.69. The third kappa shape index (κ3) is 1.50. The maximum atomic E-state index is 10.0. The van der Waals surface area contributed by atoms with E-state index in [9.17, 15) is 5.11 Å². The van der Waals surface area contributed by atoms with E-state index in [1.807, 2.05) is 43.1 Å². The average molecular weight is 204 g/mol. The number of benzene rings is 1. The lowest BCUT2D eigenvalue weighted by Crippen LogP contribution is -2.25. The molecule has 0 radical (unpaired) electrons. The van der Waals surface area contributed by atoms with E-state index in [1.54, 1.807) is 7.11 Å². The van der Waals surface area contributed by atoms with E-state index in [4.69, 9.17) is 4.74 Å². The number of aromatic hydroxyl groups is 1. The fourth-order valence-corrected chi connectivity index (χ4v) is 1.80. The van der Waals surface area contributed by atoms with E-state index >= 15 is 0 Å². The highest BCUT2D eigenvalue weighted by Crippen LogP contribution is 2.36. The van der Waals surface area contributed by atoms with Gasteiger partial charge in [-0.1, -0.05) is 0 Å². The van der Waals surface area contributed by atoms with Gasteiger partial charge < -0.3 is 9.84 Å². The number of pyridine rings is 1. The van der Waals surface area contributed by atoms with Crippen molar-refractivity contribution < 1.29 is 14.4 Å². The first kappa shape index (κ1) is 9.77. The molecule has 1 N–H and O–H groups in total. The summed E-state index contributed by atoms with van der Waals surface area (Å²) in [6.07, 6.45) is 3.83. The predicted molar refractivity (Wildman–Crippen MR) is 58.1 cm³/mol. The summed E-state index contributed by atoms with van der Waals surface area (Å²) in [4.78, 5) is 0. The van der Waals surface area contributed by atoms with Crippen LogP contribution in [0.15, 0.2) is 24.5 Å². The minimum absolute atomic E-state index is 0.212. The fourth-order valence-electron chi connectivity index (χ4n) is 1.80. The number of methoxy groups -OCH3 is 1. The molecule has 78 valence electrons.